The number of rotatable bonds is 3. The van der Waals surface area contributed by atoms with E-state index in [4.69, 9.17) is 0 Å². The van der Waals surface area contributed by atoms with Crippen molar-refractivity contribution >= 4 is 0 Å². The molecule has 1 aliphatic heterocycles. The second kappa shape index (κ2) is 3.97. The molecule has 1 N–H and O–H groups in total. The quantitative estimate of drug-likeness (QED) is 0.720. The summed E-state index contributed by atoms with van der Waals surface area (Å²) in [5.74, 6) is 0. The van der Waals surface area contributed by atoms with E-state index in [1.807, 2.05) is 0 Å². The lowest BCUT2D eigenvalue weighted by atomic mass is 9.95. The zero-order valence-corrected chi connectivity index (χ0v) is 9.72. The van der Waals surface area contributed by atoms with Crippen molar-refractivity contribution in [3.8, 4) is 0 Å². The minimum absolute atomic E-state index is 0.338. The molecule has 0 spiro atoms. The Morgan fingerprint density at radius 2 is 2.08 bits per heavy atom. The first-order chi connectivity index (χ1) is 5.99. The van der Waals surface area contributed by atoms with Gasteiger partial charge in [0.2, 0.25) is 0 Å². The highest BCUT2D eigenvalue weighted by atomic mass is 15.2. The van der Waals surface area contributed by atoms with Crippen LogP contribution in [0, 0.1) is 0 Å². The molecular formula is C11H24N2. The van der Waals surface area contributed by atoms with Crippen LogP contribution < -0.4 is 5.32 Å². The second-order valence-corrected chi connectivity index (χ2v) is 4.88. The van der Waals surface area contributed by atoms with Crippen LogP contribution in [-0.2, 0) is 0 Å². The SMILES string of the molecule is CCC(C)(C)N(C)C1CCNC1C. The van der Waals surface area contributed by atoms with Crippen molar-refractivity contribution in [2.75, 3.05) is 13.6 Å². The Balaban J connectivity index is 2.60. The molecule has 1 rings (SSSR count). The van der Waals surface area contributed by atoms with E-state index in [0.717, 1.165) is 6.04 Å². The second-order valence-electron chi connectivity index (χ2n) is 4.88. The van der Waals surface area contributed by atoms with E-state index in [9.17, 15) is 0 Å². The summed E-state index contributed by atoms with van der Waals surface area (Å²) in [5.41, 5.74) is 0.338. The van der Waals surface area contributed by atoms with Gasteiger partial charge >= 0.3 is 0 Å². The van der Waals surface area contributed by atoms with Gasteiger partial charge in [-0.25, -0.2) is 0 Å². The van der Waals surface area contributed by atoms with Crippen LogP contribution in [0.3, 0.4) is 0 Å². The number of nitrogens with zero attached hydrogens (tertiary/aromatic N) is 1. The third-order valence-corrected chi connectivity index (χ3v) is 3.80. The molecule has 78 valence electrons. The molecule has 2 unspecified atom stereocenters. The van der Waals surface area contributed by atoms with E-state index in [0.29, 0.717) is 11.6 Å². The molecule has 0 radical (unpaired) electrons. The average molecular weight is 184 g/mol. The molecule has 1 heterocycles. The first-order valence-electron chi connectivity index (χ1n) is 5.45. The fourth-order valence-corrected chi connectivity index (χ4v) is 2.07. The predicted octanol–water partition coefficient (Wildman–Crippen LogP) is 1.86. The van der Waals surface area contributed by atoms with Crippen LogP contribution in [-0.4, -0.2) is 36.1 Å². The molecular weight excluding hydrogens is 160 g/mol. The summed E-state index contributed by atoms with van der Waals surface area (Å²) in [7, 11) is 2.26. The molecule has 0 aliphatic carbocycles. The highest BCUT2D eigenvalue weighted by molar-refractivity contribution is 4.92. The zero-order valence-electron chi connectivity index (χ0n) is 9.72. The van der Waals surface area contributed by atoms with Gasteiger partial charge in [-0.2, -0.15) is 0 Å². The monoisotopic (exact) mass is 184 g/mol. The topological polar surface area (TPSA) is 15.3 Å². The lowest BCUT2D eigenvalue weighted by Crippen LogP contribution is -2.50. The van der Waals surface area contributed by atoms with Crippen molar-refractivity contribution in [1.29, 1.82) is 0 Å². The van der Waals surface area contributed by atoms with Crippen LogP contribution in [0.2, 0.25) is 0 Å². The fraction of sp³-hybridized carbons (Fsp3) is 1.00. The van der Waals surface area contributed by atoms with Crippen molar-refractivity contribution in [2.24, 2.45) is 0 Å². The minimum atomic E-state index is 0.338. The number of hydrogen-bond donors (Lipinski definition) is 1. The number of likely N-dealkylation sites (N-methyl/N-ethyl adjacent to an activating group) is 1. The van der Waals surface area contributed by atoms with Crippen LogP contribution in [0.25, 0.3) is 0 Å². The fourth-order valence-electron chi connectivity index (χ4n) is 2.07. The minimum Gasteiger partial charge on any atom is -0.313 e. The summed E-state index contributed by atoms with van der Waals surface area (Å²) in [5, 5.41) is 3.50. The molecule has 1 fully saturated rings. The summed E-state index contributed by atoms with van der Waals surface area (Å²) in [6.07, 6.45) is 2.51. The van der Waals surface area contributed by atoms with Gasteiger partial charge in [-0.1, -0.05) is 6.92 Å². The lowest BCUT2D eigenvalue weighted by Gasteiger charge is -2.40. The van der Waals surface area contributed by atoms with Crippen LogP contribution in [0.15, 0.2) is 0 Å². The smallest absolute Gasteiger partial charge is 0.0260 e. The Morgan fingerprint density at radius 1 is 1.46 bits per heavy atom. The van der Waals surface area contributed by atoms with Gasteiger partial charge < -0.3 is 5.32 Å². The van der Waals surface area contributed by atoms with Crippen LogP contribution in [0.5, 0.6) is 0 Å². The maximum absolute atomic E-state index is 3.50. The Bertz CT molecular complexity index is 165. The third kappa shape index (κ3) is 2.23. The van der Waals surface area contributed by atoms with Crippen molar-refractivity contribution in [3.63, 3.8) is 0 Å². The zero-order chi connectivity index (χ0) is 10.1. The molecule has 0 amide bonds. The molecule has 0 aromatic heterocycles. The molecule has 2 heteroatoms. The molecule has 0 saturated carbocycles. The lowest BCUT2D eigenvalue weighted by molar-refractivity contribution is 0.0921. The Hall–Kier alpha value is -0.0800. The van der Waals surface area contributed by atoms with Gasteiger partial charge in [0.05, 0.1) is 0 Å². The highest BCUT2D eigenvalue weighted by Crippen LogP contribution is 2.24. The van der Waals surface area contributed by atoms with E-state index in [1.54, 1.807) is 0 Å². The molecule has 2 nitrogen and oxygen atoms in total. The Morgan fingerprint density at radius 3 is 2.46 bits per heavy atom. The summed E-state index contributed by atoms with van der Waals surface area (Å²) < 4.78 is 0. The predicted molar refractivity (Wildman–Crippen MR) is 58.0 cm³/mol. The van der Waals surface area contributed by atoms with Gasteiger partial charge in [-0.3, -0.25) is 4.90 Å². The molecule has 0 bridgehead atoms. The summed E-state index contributed by atoms with van der Waals surface area (Å²) in [6, 6.07) is 1.37. The largest absolute Gasteiger partial charge is 0.313 e. The average Bonchev–Trinajstić information content (AvgIpc) is 2.50. The van der Waals surface area contributed by atoms with E-state index in [1.165, 1.54) is 19.4 Å². The van der Waals surface area contributed by atoms with Crippen molar-refractivity contribution < 1.29 is 0 Å². The van der Waals surface area contributed by atoms with Gasteiger partial charge in [0.25, 0.3) is 0 Å². The van der Waals surface area contributed by atoms with Crippen molar-refractivity contribution in [1.82, 2.24) is 10.2 Å². The van der Waals surface area contributed by atoms with Crippen molar-refractivity contribution in [2.45, 2.75) is 58.2 Å². The van der Waals surface area contributed by atoms with Crippen LogP contribution in [0.1, 0.15) is 40.5 Å². The highest BCUT2D eigenvalue weighted by Gasteiger charge is 2.33. The normalized spacial score (nSPS) is 30.0. The Labute approximate surface area is 82.7 Å². The molecule has 0 aromatic carbocycles. The van der Waals surface area contributed by atoms with Crippen LogP contribution >= 0.6 is 0 Å². The van der Waals surface area contributed by atoms with E-state index in [-0.39, 0.29) is 0 Å². The number of nitrogens with one attached hydrogen (secondary N) is 1. The molecule has 0 aromatic rings. The number of hydrogen-bond acceptors (Lipinski definition) is 2. The molecule has 1 saturated heterocycles. The third-order valence-electron chi connectivity index (χ3n) is 3.80. The summed E-state index contributed by atoms with van der Waals surface area (Å²) >= 11 is 0. The van der Waals surface area contributed by atoms with Crippen molar-refractivity contribution in [3.05, 3.63) is 0 Å². The molecule has 2 atom stereocenters. The summed E-state index contributed by atoms with van der Waals surface area (Å²) in [6.45, 7) is 10.4. The maximum atomic E-state index is 3.50. The van der Waals surface area contributed by atoms with Gasteiger partial charge in [-0.15, -0.1) is 0 Å². The molecule has 1 aliphatic rings. The molecule has 13 heavy (non-hydrogen) atoms. The summed E-state index contributed by atoms with van der Waals surface area (Å²) in [4.78, 5) is 2.54. The first-order valence-corrected chi connectivity index (χ1v) is 5.45. The van der Waals surface area contributed by atoms with Gasteiger partial charge in [-0.05, 0) is 47.2 Å². The first kappa shape index (κ1) is 11.0. The van der Waals surface area contributed by atoms with Crippen LogP contribution in [0.4, 0.5) is 0 Å². The van der Waals surface area contributed by atoms with E-state index < -0.39 is 0 Å². The standard InChI is InChI=1S/C11H24N2/c1-6-11(3,4)13(5)10-7-8-12-9(10)2/h9-10,12H,6-8H2,1-5H3. The van der Waals surface area contributed by atoms with Gasteiger partial charge in [0, 0.05) is 17.6 Å². The van der Waals surface area contributed by atoms with Gasteiger partial charge in [0.1, 0.15) is 0 Å². The van der Waals surface area contributed by atoms with E-state index >= 15 is 0 Å². The Kier molecular flexibility index (Phi) is 3.36. The van der Waals surface area contributed by atoms with Gasteiger partial charge in [0.15, 0.2) is 0 Å². The maximum Gasteiger partial charge on any atom is 0.0260 e. The van der Waals surface area contributed by atoms with E-state index in [2.05, 4.69) is 45.0 Å².